The summed E-state index contributed by atoms with van der Waals surface area (Å²) in [6, 6.07) is 13.1. The maximum atomic E-state index is 13.2. The number of benzene rings is 2. The van der Waals surface area contributed by atoms with Crippen molar-refractivity contribution in [2.24, 2.45) is 5.73 Å². The molecule has 28 heavy (non-hydrogen) atoms. The number of aromatic nitrogens is 3. The highest BCUT2D eigenvalue weighted by Crippen LogP contribution is 2.31. The molecule has 0 atom stereocenters. The van der Waals surface area contributed by atoms with E-state index in [1.54, 1.807) is 48.5 Å². The van der Waals surface area contributed by atoms with Crippen LogP contribution in [0.2, 0.25) is 0 Å². The Morgan fingerprint density at radius 2 is 1.64 bits per heavy atom. The average molecular weight is 392 g/mol. The van der Waals surface area contributed by atoms with Gasteiger partial charge in [0, 0.05) is 5.56 Å². The van der Waals surface area contributed by atoms with Crippen LogP contribution in [0.3, 0.4) is 0 Å². The van der Waals surface area contributed by atoms with Gasteiger partial charge in [0.25, 0.3) is 5.82 Å². The van der Waals surface area contributed by atoms with Crippen LogP contribution in [0.15, 0.2) is 48.5 Å². The van der Waals surface area contributed by atoms with E-state index in [-0.39, 0.29) is 5.82 Å². The lowest BCUT2D eigenvalue weighted by Gasteiger charge is -2.08. The number of hydrogen-bond donors (Lipinski definition) is 1. The van der Waals surface area contributed by atoms with E-state index in [4.69, 9.17) is 15.2 Å². The van der Waals surface area contributed by atoms with Crippen molar-refractivity contribution in [3.63, 3.8) is 0 Å². The van der Waals surface area contributed by atoms with E-state index >= 15 is 0 Å². The molecule has 9 heteroatoms. The molecule has 0 saturated heterocycles. The van der Waals surface area contributed by atoms with E-state index in [2.05, 4.69) is 10.1 Å². The van der Waals surface area contributed by atoms with Crippen molar-refractivity contribution in [3.8, 4) is 28.6 Å². The molecule has 1 aromatic heterocycles. The summed E-state index contributed by atoms with van der Waals surface area (Å²) in [5.41, 5.74) is 6.33. The standard InChI is InChI=1S/C19H19F3N4O2/c1-27-15-9-5-14(6-10-15)26-17(24-18(25-26)19(20,21)22)13-3-7-16(8-4-13)28-12-2-11-23/h3-10H,2,11-12,23H2,1H3. The molecule has 148 valence electrons. The van der Waals surface area contributed by atoms with Crippen molar-refractivity contribution in [2.45, 2.75) is 12.6 Å². The molecule has 0 aliphatic carbocycles. The van der Waals surface area contributed by atoms with Crippen LogP contribution in [-0.2, 0) is 6.18 Å². The number of halogens is 3. The van der Waals surface area contributed by atoms with Gasteiger partial charge in [-0.05, 0) is 61.5 Å². The van der Waals surface area contributed by atoms with Crippen molar-refractivity contribution >= 4 is 0 Å². The Hall–Kier alpha value is -3.07. The molecule has 2 aromatic carbocycles. The van der Waals surface area contributed by atoms with E-state index < -0.39 is 12.0 Å². The highest BCUT2D eigenvalue weighted by atomic mass is 19.4. The van der Waals surface area contributed by atoms with Gasteiger partial charge in [0.15, 0.2) is 5.82 Å². The maximum Gasteiger partial charge on any atom is 0.453 e. The SMILES string of the molecule is COc1ccc(-n2nc(C(F)(F)F)nc2-c2ccc(OCCCN)cc2)cc1. The van der Waals surface area contributed by atoms with Gasteiger partial charge in [0.1, 0.15) is 11.5 Å². The van der Waals surface area contributed by atoms with Crippen LogP contribution in [0, 0.1) is 0 Å². The van der Waals surface area contributed by atoms with Crippen LogP contribution < -0.4 is 15.2 Å². The summed E-state index contributed by atoms with van der Waals surface area (Å²) >= 11 is 0. The van der Waals surface area contributed by atoms with Gasteiger partial charge in [0.2, 0.25) is 0 Å². The molecule has 3 rings (SSSR count). The second-order valence-corrected chi connectivity index (χ2v) is 5.88. The van der Waals surface area contributed by atoms with E-state index in [1.807, 2.05) is 0 Å². The number of alkyl halides is 3. The summed E-state index contributed by atoms with van der Waals surface area (Å²) < 4.78 is 51.3. The molecule has 6 nitrogen and oxygen atoms in total. The molecule has 0 fully saturated rings. The third kappa shape index (κ3) is 4.42. The molecule has 0 aliphatic heterocycles. The fraction of sp³-hybridized carbons (Fsp3) is 0.263. The molecule has 3 aromatic rings. The smallest absolute Gasteiger partial charge is 0.453 e. The van der Waals surface area contributed by atoms with E-state index in [0.29, 0.717) is 42.3 Å². The summed E-state index contributed by atoms with van der Waals surface area (Å²) in [5.74, 6) is 0.0526. The Bertz CT molecular complexity index is 906. The van der Waals surface area contributed by atoms with Crippen LogP contribution in [0.5, 0.6) is 11.5 Å². The zero-order valence-electron chi connectivity index (χ0n) is 15.1. The Balaban J connectivity index is 1.97. The van der Waals surface area contributed by atoms with Crippen LogP contribution in [0.25, 0.3) is 17.1 Å². The first-order chi connectivity index (χ1) is 13.4. The molecule has 0 aliphatic rings. The number of nitrogens with two attached hydrogens (primary N) is 1. The minimum Gasteiger partial charge on any atom is -0.497 e. The predicted octanol–water partition coefficient (Wildman–Crippen LogP) is 3.69. The van der Waals surface area contributed by atoms with Crippen molar-refractivity contribution in [3.05, 3.63) is 54.4 Å². The van der Waals surface area contributed by atoms with Crippen LogP contribution >= 0.6 is 0 Å². The van der Waals surface area contributed by atoms with Gasteiger partial charge in [-0.25, -0.2) is 9.67 Å². The molecule has 2 N–H and O–H groups in total. The second-order valence-electron chi connectivity index (χ2n) is 5.88. The van der Waals surface area contributed by atoms with Crippen LogP contribution in [0.1, 0.15) is 12.2 Å². The minimum absolute atomic E-state index is 0.0750. The van der Waals surface area contributed by atoms with Gasteiger partial charge in [-0.15, -0.1) is 5.10 Å². The third-order valence-corrected chi connectivity index (χ3v) is 3.91. The highest BCUT2D eigenvalue weighted by molar-refractivity contribution is 5.59. The molecular weight excluding hydrogens is 373 g/mol. The number of nitrogens with zero attached hydrogens (tertiary/aromatic N) is 3. The van der Waals surface area contributed by atoms with Gasteiger partial charge in [0.05, 0.1) is 19.4 Å². The van der Waals surface area contributed by atoms with Gasteiger partial charge >= 0.3 is 6.18 Å². The average Bonchev–Trinajstić information content (AvgIpc) is 3.15. The molecule has 0 radical (unpaired) electrons. The zero-order valence-corrected chi connectivity index (χ0v) is 15.1. The Labute approximate surface area is 159 Å². The topological polar surface area (TPSA) is 75.2 Å². The summed E-state index contributed by atoms with van der Waals surface area (Å²) in [6.07, 6.45) is -3.94. The third-order valence-electron chi connectivity index (χ3n) is 3.91. The maximum absolute atomic E-state index is 13.2. The predicted molar refractivity (Wildman–Crippen MR) is 97.5 cm³/mol. The van der Waals surface area contributed by atoms with Crippen molar-refractivity contribution in [1.29, 1.82) is 0 Å². The van der Waals surface area contributed by atoms with Crippen molar-refractivity contribution in [1.82, 2.24) is 14.8 Å². The number of rotatable bonds is 7. The van der Waals surface area contributed by atoms with Crippen LogP contribution in [0.4, 0.5) is 13.2 Å². The lowest BCUT2D eigenvalue weighted by Crippen LogP contribution is -2.08. The fourth-order valence-electron chi connectivity index (χ4n) is 2.50. The Kier molecular flexibility index (Phi) is 5.84. The molecule has 0 unspecified atom stereocenters. The first kappa shape index (κ1) is 19.7. The monoisotopic (exact) mass is 392 g/mol. The van der Waals surface area contributed by atoms with Crippen molar-refractivity contribution < 1.29 is 22.6 Å². The summed E-state index contributed by atoms with van der Waals surface area (Å²) in [7, 11) is 1.51. The molecule has 1 heterocycles. The molecule has 0 bridgehead atoms. The van der Waals surface area contributed by atoms with Crippen molar-refractivity contribution in [2.75, 3.05) is 20.3 Å². The lowest BCUT2D eigenvalue weighted by atomic mass is 10.2. The Morgan fingerprint density at radius 3 is 2.21 bits per heavy atom. The first-order valence-corrected chi connectivity index (χ1v) is 8.54. The molecular formula is C19H19F3N4O2. The van der Waals surface area contributed by atoms with Gasteiger partial charge < -0.3 is 15.2 Å². The van der Waals surface area contributed by atoms with E-state index in [1.165, 1.54) is 7.11 Å². The van der Waals surface area contributed by atoms with Crippen LogP contribution in [-0.4, -0.2) is 35.0 Å². The van der Waals surface area contributed by atoms with E-state index in [0.717, 1.165) is 4.68 Å². The van der Waals surface area contributed by atoms with E-state index in [9.17, 15) is 13.2 Å². The molecule has 0 spiro atoms. The molecule has 0 saturated carbocycles. The van der Waals surface area contributed by atoms with Gasteiger partial charge in [-0.3, -0.25) is 0 Å². The number of ether oxygens (including phenoxy) is 2. The summed E-state index contributed by atoms with van der Waals surface area (Å²) in [4.78, 5) is 3.71. The second kappa shape index (κ2) is 8.30. The van der Waals surface area contributed by atoms with Gasteiger partial charge in [-0.2, -0.15) is 13.2 Å². The fourth-order valence-corrected chi connectivity index (χ4v) is 2.50. The molecule has 0 amide bonds. The summed E-state index contributed by atoms with van der Waals surface area (Å²) in [5, 5.41) is 3.66. The van der Waals surface area contributed by atoms with Gasteiger partial charge in [-0.1, -0.05) is 0 Å². The lowest BCUT2D eigenvalue weighted by molar-refractivity contribution is -0.144. The number of hydrogen-bond acceptors (Lipinski definition) is 5. The normalized spacial score (nSPS) is 11.5. The quantitative estimate of drug-likeness (QED) is 0.621. The minimum atomic E-state index is -4.66. The Morgan fingerprint density at radius 1 is 1.00 bits per heavy atom. The largest absolute Gasteiger partial charge is 0.497 e. The highest BCUT2D eigenvalue weighted by Gasteiger charge is 2.37. The zero-order chi connectivity index (χ0) is 20.1. The first-order valence-electron chi connectivity index (χ1n) is 8.54. The number of methoxy groups -OCH3 is 1. The summed E-state index contributed by atoms with van der Waals surface area (Å²) in [6.45, 7) is 0.985.